The smallest absolute Gasteiger partial charge is 0.157 e. The molecule has 0 amide bonds. The van der Waals surface area contributed by atoms with Gasteiger partial charge in [-0.15, -0.1) is 0 Å². The van der Waals surface area contributed by atoms with Crippen LogP contribution in [0.1, 0.15) is 46.5 Å². The van der Waals surface area contributed by atoms with Gasteiger partial charge in [-0.2, -0.15) is 0 Å². The van der Waals surface area contributed by atoms with Crippen molar-refractivity contribution in [2.75, 3.05) is 40.4 Å². The lowest BCUT2D eigenvalue weighted by atomic mass is 10.3. The summed E-state index contributed by atoms with van der Waals surface area (Å²) in [5.41, 5.74) is 5.14. The van der Waals surface area contributed by atoms with Gasteiger partial charge in [-0.3, -0.25) is 0 Å². The summed E-state index contributed by atoms with van der Waals surface area (Å²) in [4.78, 5) is 2.18. The molecule has 0 aliphatic carbocycles. The number of hydrogen-bond donors (Lipinski definition) is 1. The topological polar surface area (TPSA) is 47.7 Å². The highest BCUT2D eigenvalue weighted by Gasteiger charge is 2.06. The number of nitrogens with zero attached hydrogens (tertiary/aromatic N) is 1. The molecule has 0 saturated carbocycles. The Morgan fingerprint density at radius 2 is 1.56 bits per heavy atom. The van der Waals surface area contributed by atoms with Crippen LogP contribution in [-0.2, 0) is 9.47 Å². The van der Waals surface area contributed by atoms with Crippen LogP contribution >= 0.6 is 0 Å². The third-order valence-electron chi connectivity index (χ3n) is 2.31. The standard InChI is InChI=1S/C10H23NO2.C4H11N/c1-5-12-10(13-6-2)8-7-9-11(3)4;1-2-3-4-5/h10H,5-9H2,1-4H3;2-5H2,1H3. The van der Waals surface area contributed by atoms with Gasteiger partial charge in [0.15, 0.2) is 6.29 Å². The molecule has 0 aromatic heterocycles. The van der Waals surface area contributed by atoms with Gasteiger partial charge in [-0.05, 0) is 60.3 Å². The van der Waals surface area contributed by atoms with E-state index in [1.165, 1.54) is 12.8 Å². The van der Waals surface area contributed by atoms with Gasteiger partial charge in [0.2, 0.25) is 0 Å². The zero-order valence-electron chi connectivity index (χ0n) is 13.1. The van der Waals surface area contributed by atoms with Crippen LogP contribution in [0.4, 0.5) is 0 Å². The Morgan fingerprint density at radius 1 is 1.00 bits per heavy atom. The second-order valence-corrected chi connectivity index (χ2v) is 4.43. The molecule has 0 aliphatic rings. The minimum absolute atomic E-state index is 0.00468. The zero-order chi connectivity index (χ0) is 14.2. The molecule has 2 N–H and O–H groups in total. The minimum atomic E-state index is -0.00468. The molecule has 0 atom stereocenters. The lowest BCUT2D eigenvalue weighted by molar-refractivity contribution is -0.140. The predicted molar refractivity (Wildman–Crippen MR) is 78.8 cm³/mol. The molecular formula is C14H34N2O2. The van der Waals surface area contributed by atoms with Crippen LogP contribution in [0.25, 0.3) is 0 Å². The van der Waals surface area contributed by atoms with E-state index in [-0.39, 0.29) is 6.29 Å². The van der Waals surface area contributed by atoms with Crippen molar-refractivity contribution in [3.05, 3.63) is 0 Å². The van der Waals surface area contributed by atoms with Crippen molar-refractivity contribution in [3.8, 4) is 0 Å². The van der Waals surface area contributed by atoms with Crippen LogP contribution in [0.15, 0.2) is 0 Å². The van der Waals surface area contributed by atoms with Crippen molar-refractivity contribution in [3.63, 3.8) is 0 Å². The van der Waals surface area contributed by atoms with Gasteiger partial charge in [-0.1, -0.05) is 13.3 Å². The Kier molecular flexibility index (Phi) is 18.9. The number of rotatable bonds is 10. The van der Waals surface area contributed by atoms with Crippen LogP contribution in [0.3, 0.4) is 0 Å². The summed E-state index contributed by atoms with van der Waals surface area (Å²) in [6.07, 6.45) is 4.49. The van der Waals surface area contributed by atoms with Crippen molar-refractivity contribution in [1.29, 1.82) is 0 Å². The Labute approximate surface area is 114 Å². The fourth-order valence-electron chi connectivity index (χ4n) is 1.36. The molecule has 0 fully saturated rings. The molecule has 0 aromatic rings. The first-order valence-electron chi connectivity index (χ1n) is 7.20. The number of nitrogens with two attached hydrogens (primary N) is 1. The summed E-state index contributed by atoms with van der Waals surface area (Å²) < 4.78 is 10.8. The average molecular weight is 262 g/mol. The zero-order valence-corrected chi connectivity index (χ0v) is 13.1. The minimum Gasteiger partial charge on any atom is -0.353 e. The van der Waals surface area contributed by atoms with Gasteiger partial charge in [0.05, 0.1) is 0 Å². The molecule has 4 nitrogen and oxygen atoms in total. The molecule has 0 rings (SSSR count). The molecular weight excluding hydrogens is 228 g/mol. The molecule has 0 bridgehead atoms. The van der Waals surface area contributed by atoms with Crippen molar-refractivity contribution in [2.45, 2.75) is 52.7 Å². The van der Waals surface area contributed by atoms with Gasteiger partial charge in [0.25, 0.3) is 0 Å². The number of unbranched alkanes of at least 4 members (excludes halogenated alkanes) is 1. The highest BCUT2D eigenvalue weighted by molar-refractivity contribution is 4.49. The fraction of sp³-hybridized carbons (Fsp3) is 1.00. The Bertz CT molecular complexity index is 136. The summed E-state index contributed by atoms with van der Waals surface area (Å²) >= 11 is 0. The normalized spacial score (nSPS) is 10.7. The second kappa shape index (κ2) is 16.8. The lowest BCUT2D eigenvalue weighted by Crippen LogP contribution is -2.20. The van der Waals surface area contributed by atoms with E-state index in [1.54, 1.807) is 0 Å². The van der Waals surface area contributed by atoms with Crippen LogP contribution < -0.4 is 5.73 Å². The lowest BCUT2D eigenvalue weighted by Gasteiger charge is -2.17. The maximum Gasteiger partial charge on any atom is 0.157 e. The third kappa shape index (κ3) is 18.2. The van der Waals surface area contributed by atoms with Crippen LogP contribution in [0.2, 0.25) is 0 Å². The van der Waals surface area contributed by atoms with Gasteiger partial charge in [-0.25, -0.2) is 0 Å². The molecule has 0 radical (unpaired) electrons. The Hall–Kier alpha value is -0.160. The van der Waals surface area contributed by atoms with Crippen LogP contribution in [0, 0.1) is 0 Å². The van der Waals surface area contributed by atoms with E-state index in [0.29, 0.717) is 0 Å². The van der Waals surface area contributed by atoms with E-state index in [0.717, 1.165) is 39.1 Å². The average Bonchev–Trinajstić information content (AvgIpc) is 2.31. The highest BCUT2D eigenvalue weighted by Crippen LogP contribution is 2.04. The molecule has 0 aliphatic heterocycles. The first-order chi connectivity index (χ1) is 8.62. The summed E-state index contributed by atoms with van der Waals surface area (Å²) in [6.45, 7) is 9.52. The maximum atomic E-state index is 5.42. The van der Waals surface area contributed by atoms with Crippen molar-refractivity contribution in [2.24, 2.45) is 5.73 Å². The van der Waals surface area contributed by atoms with E-state index in [2.05, 4.69) is 25.9 Å². The van der Waals surface area contributed by atoms with E-state index >= 15 is 0 Å². The number of ether oxygens (including phenoxy) is 2. The summed E-state index contributed by atoms with van der Waals surface area (Å²) in [7, 11) is 4.16. The molecule has 0 saturated heterocycles. The SMILES string of the molecule is CCCCN.CCOC(CCCN(C)C)OCC. The first-order valence-corrected chi connectivity index (χ1v) is 7.20. The predicted octanol–water partition coefficient (Wildman–Crippen LogP) is 2.47. The van der Waals surface area contributed by atoms with E-state index < -0.39 is 0 Å². The van der Waals surface area contributed by atoms with Crippen LogP contribution in [-0.4, -0.2) is 51.6 Å². The van der Waals surface area contributed by atoms with E-state index in [1.807, 2.05) is 13.8 Å². The molecule has 0 spiro atoms. The summed E-state index contributed by atoms with van der Waals surface area (Å²) in [6, 6.07) is 0. The summed E-state index contributed by atoms with van der Waals surface area (Å²) in [5, 5.41) is 0. The largest absolute Gasteiger partial charge is 0.353 e. The van der Waals surface area contributed by atoms with Crippen molar-refractivity contribution in [1.82, 2.24) is 4.90 Å². The quantitative estimate of drug-likeness (QED) is 0.614. The highest BCUT2D eigenvalue weighted by atomic mass is 16.7. The third-order valence-corrected chi connectivity index (χ3v) is 2.31. The van der Waals surface area contributed by atoms with E-state index in [4.69, 9.17) is 15.2 Å². The van der Waals surface area contributed by atoms with Crippen molar-refractivity contribution < 1.29 is 9.47 Å². The molecule has 0 aromatic carbocycles. The molecule has 0 unspecified atom stereocenters. The van der Waals surface area contributed by atoms with Crippen LogP contribution in [0.5, 0.6) is 0 Å². The molecule has 18 heavy (non-hydrogen) atoms. The number of hydrogen-bond acceptors (Lipinski definition) is 4. The molecule has 0 heterocycles. The monoisotopic (exact) mass is 262 g/mol. The summed E-state index contributed by atoms with van der Waals surface area (Å²) in [5.74, 6) is 0. The van der Waals surface area contributed by atoms with Gasteiger partial charge >= 0.3 is 0 Å². The Balaban J connectivity index is 0. The van der Waals surface area contributed by atoms with Crippen molar-refractivity contribution >= 4 is 0 Å². The fourth-order valence-corrected chi connectivity index (χ4v) is 1.36. The molecule has 112 valence electrons. The Morgan fingerprint density at radius 3 is 1.83 bits per heavy atom. The first kappa shape index (κ1) is 20.2. The second-order valence-electron chi connectivity index (χ2n) is 4.43. The van der Waals surface area contributed by atoms with Gasteiger partial charge < -0.3 is 20.1 Å². The maximum absolute atomic E-state index is 5.42. The van der Waals surface area contributed by atoms with Gasteiger partial charge in [0.1, 0.15) is 0 Å². The van der Waals surface area contributed by atoms with E-state index in [9.17, 15) is 0 Å². The molecule has 4 heteroatoms. The van der Waals surface area contributed by atoms with Gasteiger partial charge in [0, 0.05) is 13.2 Å².